The fourth-order valence-electron chi connectivity index (χ4n) is 3.91. The van der Waals surface area contributed by atoms with Crippen molar-refractivity contribution in [3.8, 4) is 11.5 Å². The van der Waals surface area contributed by atoms with Gasteiger partial charge < -0.3 is 25.1 Å². The van der Waals surface area contributed by atoms with Crippen molar-refractivity contribution in [2.24, 2.45) is 0 Å². The van der Waals surface area contributed by atoms with Gasteiger partial charge in [0.25, 0.3) is 5.91 Å². The molecule has 2 amide bonds. The lowest BCUT2D eigenvalue weighted by Gasteiger charge is -2.19. The molecule has 0 radical (unpaired) electrons. The first-order valence-corrected chi connectivity index (χ1v) is 11.5. The smallest absolute Gasteiger partial charge is 0.253 e. The third kappa shape index (κ3) is 5.58. The topological polar surface area (TPSA) is 92.5 Å². The van der Waals surface area contributed by atoms with Crippen molar-refractivity contribution in [3.63, 3.8) is 0 Å². The highest BCUT2D eigenvalue weighted by atomic mass is 35.5. The SMILES string of the molecule is COc1ccc(CNC(=O)C(Cc2c[nH]c3ccccc23)NC(=O)c2ccccc2Cl)cc1OC. The number of carbonyl (C=O) groups is 2. The van der Waals surface area contributed by atoms with E-state index in [1.54, 1.807) is 50.6 Å². The Hall–Kier alpha value is -3.97. The Labute approximate surface area is 208 Å². The molecular weight excluding hydrogens is 466 g/mol. The Kier molecular flexibility index (Phi) is 7.57. The summed E-state index contributed by atoms with van der Waals surface area (Å²) in [4.78, 5) is 29.5. The summed E-state index contributed by atoms with van der Waals surface area (Å²) in [5.74, 6) is 0.445. The van der Waals surface area contributed by atoms with Gasteiger partial charge in [-0.3, -0.25) is 9.59 Å². The van der Waals surface area contributed by atoms with E-state index in [1.165, 1.54) is 0 Å². The number of carbonyl (C=O) groups excluding carboxylic acids is 2. The van der Waals surface area contributed by atoms with Crippen LogP contribution in [0.2, 0.25) is 5.02 Å². The molecule has 0 aliphatic carbocycles. The van der Waals surface area contributed by atoms with Gasteiger partial charge in [-0.2, -0.15) is 0 Å². The summed E-state index contributed by atoms with van der Waals surface area (Å²) < 4.78 is 10.6. The van der Waals surface area contributed by atoms with Crippen LogP contribution in [0.1, 0.15) is 21.5 Å². The molecule has 4 rings (SSSR count). The molecule has 1 unspecified atom stereocenters. The molecule has 8 heteroatoms. The van der Waals surface area contributed by atoms with Crippen LogP contribution >= 0.6 is 11.6 Å². The molecule has 0 aliphatic heterocycles. The molecular formula is C27H26ClN3O4. The van der Waals surface area contributed by atoms with Crippen molar-refractivity contribution >= 4 is 34.3 Å². The van der Waals surface area contributed by atoms with E-state index in [4.69, 9.17) is 21.1 Å². The lowest BCUT2D eigenvalue weighted by atomic mass is 10.0. The van der Waals surface area contributed by atoms with Crippen LogP contribution in [0.3, 0.4) is 0 Å². The molecule has 0 saturated heterocycles. The summed E-state index contributed by atoms with van der Waals surface area (Å²) in [7, 11) is 3.12. The molecule has 3 aromatic carbocycles. The van der Waals surface area contributed by atoms with Crippen LogP contribution in [0.15, 0.2) is 72.9 Å². The van der Waals surface area contributed by atoms with Gasteiger partial charge in [-0.15, -0.1) is 0 Å². The van der Waals surface area contributed by atoms with Crippen LogP contribution in [0.4, 0.5) is 0 Å². The van der Waals surface area contributed by atoms with Crippen molar-refractivity contribution in [1.29, 1.82) is 0 Å². The first kappa shape index (κ1) is 24.2. The molecule has 35 heavy (non-hydrogen) atoms. The lowest BCUT2D eigenvalue weighted by molar-refractivity contribution is -0.123. The van der Waals surface area contributed by atoms with E-state index < -0.39 is 11.9 Å². The highest BCUT2D eigenvalue weighted by molar-refractivity contribution is 6.33. The fraction of sp³-hybridized carbons (Fsp3) is 0.185. The number of hydrogen-bond donors (Lipinski definition) is 3. The first-order chi connectivity index (χ1) is 17.0. The van der Waals surface area contributed by atoms with Crippen LogP contribution < -0.4 is 20.1 Å². The van der Waals surface area contributed by atoms with E-state index in [1.807, 2.05) is 36.5 Å². The maximum Gasteiger partial charge on any atom is 0.253 e. The Morgan fingerprint density at radius 2 is 1.71 bits per heavy atom. The van der Waals surface area contributed by atoms with Crippen LogP contribution in [0, 0.1) is 0 Å². The van der Waals surface area contributed by atoms with Gasteiger partial charge in [0.05, 0.1) is 24.8 Å². The Bertz CT molecular complexity index is 1350. The van der Waals surface area contributed by atoms with Gasteiger partial charge in [0.15, 0.2) is 11.5 Å². The summed E-state index contributed by atoms with van der Waals surface area (Å²) in [6.45, 7) is 0.255. The summed E-state index contributed by atoms with van der Waals surface area (Å²) in [6.07, 6.45) is 2.17. The zero-order valence-corrected chi connectivity index (χ0v) is 20.2. The highest BCUT2D eigenvalue weighted by Gasteiger charge is 2.24. The van der Waals surface area contributed by atoms with Crippen molar-refractivity contribution in [1.82, 2.24) is 15.6 Å². The number of aromatic amines is 1. The number of fused-ring (bicyclic) bond motifs is 1. The molecule has 0 saturated carbocycles. The lowest BCUT2D eigenvalue weighted by Crippen LogP contribution is -2.47. The highest BCUT2D eigenvalue weighted by Crippen LogP contribution is 2.27. The van der Waals surface area contributed by atoms with Gasteiger partial charge in [-0.05, 0) is 41.5 Å². The van der Waals surface area contributed by atoms with Crippen molar-refractivity contribution in [2.45, 2.75) is 19.0 Å². The number of halogens is 1. The molecule has 7 nitrogen and oxygen atoms in total. The summed E-state index contributed by atoms with van der Waals surface area (Å²) in [5.41, 5.74) is 3.03. The van der Waals surface area contributed by atoms with Crippen molar-refractivity contribution < 1.29 is 19.1 Å². The minimum Gasteiger partial charge on any atom is -0.493 e. The second kappa shape index (κ2) is 11.0. The molecule has 0 fully saturated rings. The number of H-pyrrole nitrogens is 1. The predicted molar refractivity (Wildman–Crippen MR) is 136 cm³/mol. The minimum absolute atomic E-state index is 0.255. The summed E-state index contributed by atoms with van der Waals surface area (Å²) in [5, 5.41) is 7.10. The monoisotopic (exact) mass is 491 g/mol. The molecule has 0 aliphatic rings. The largest absolute Gasteiger partial charge is 0.493 e. The molecule has 180 valence electrons. The minimum atomic E-state index is -0.821. The molecule has 1 aromatic heterocycles. The quantitative estimate of drug-likeness (QED) is 0.321. The summed E-state index contributed by atoms with van der Waals surface area (Å²) in [6, 6.07) is 19.2. The standard InChI is InChI=1S/C27H26ClN3O4/c1-34-24-12-11-17(13-25(24)35-2)15-30-27(33)23(31-26(32)20-8-3-5-9-21(20)28)14-18-16-29-22-10-6-4-7-19(18)22/h3-13,16,23,29H,14-15H2,1-2H3,(H,30,33)(H,31,32). The van der Waals surface area contributed by atoms with Crippen LogP contribution in [-0.4, -0.2) is 37.1 Å². The van der Waals surface area contributed by atoms with Gasteiger partial charge in [0.1, 0.15) is 6.04 Å². The number of aromatic nitrogens is 1. The number of para-hydroxylation sites is 1. The van der Waals surface area contributed by atoms with E-state index in [0.717, 1.165) is 22.0 Å². The summed E-state index contributed by atoms with van der Waals surface area (Å²) >= 11 is 6.21. The van der Waals surface area contributed by atoms with Gasteiger partial charge >= 0.3 is 0 Å². The second-order valence-electron chi connectivity index (χ2n) is 7.98. The van der Waals surface area contributed by atoms with E-state index in [9.17, 15) is 9.59 Å². The number of benzene rings is 3. The average molecular weight is 492 g/mol. The number of hydrogen-bond acceptors (Lipinski definition) is 4. The van der Waals surface area contributed by atoms with E-state index in [2.05, 4.69) is 15.6 Å². The third-order valence-corrected chi connectivity index (χ3v) is 6.08. The van der Waals surface area contributed by atoms with Gasteiger partial charge in [0.2, 0.25) is 5.91 Å². The van der Waals surface area contributed by atoms with Gasteiger partial charge in [0, 0.05) is 30.1 Å². The second-order valence-corrected chi connectivity index (χ2v) is 8.38. The Balaban J connectivity index is 1.55. The van der Waals surface area contributed by atoms with E-state index in [-0.39, 0.29) is 12.5 Å². The van der Waals surface area contributed by atoms with Crippen molar-refractivity contribution in [2.75, 3.05) is 14.2 Å². The third-order valence-electron chi connectivity index (χ3n) is 5.75. The molecule has 3 N–H and O–H groups in total. The van der Waals surface area contributed by atoms with Crippen LogP contribution in [-0.2, 0) is 17.8 Å². The van der Waals surface area contributed by atoms with E-state index >= 15 is 0 Å². The van der Waals surface area contributed by atoms with Crippen molar-refractivity contribution in [3.05, 3.63) is 94.6 Å². The molecule has 1 atom stereocenters. The van der Waals surface area contributed by atoms with Crippen LogP contribution in [0.25, 0.3) is 10.9 Å². The zero-order chi connectivity index (χ0) is 24.8. The first-order valence-electron chi connectivity index (χ1n) is 11.1. The molecule has 1 heterocycles. The Morgan fingerprint density at radius 1 is 0.971 bits per heavy atom. The van der Waals surface area contributed by atoms with E-state index in [0.29, 0.717) is 28.5 Å². The fourth-order valence-corrected chi connectivity index (χ4v) is 4.14. The number of ether oxygens (including phenoxy) is 2. The number of nitrogens with one attached hydrogen (secondary N) is 3. The number of amides is 2. The van der Waals surface area contributed by atoms with Crippen LogP contribution in [0.5, 0.6) is 11.5 Å². The molecule has 4 aromatic rings. The van der Waals surface area contributed by atoms with Gasteiger partial charge in [-0.25, -0.2) is 0 Å². The predicted octanol–water partition coefficient (Wildman–Crippen LogP) is 4.50. The number of rotatable bonds is 9. The molecule has 0 spiro atoms. The normalized spacial score (nSPS) is 11.6. The Morgan fingerprint density at radius 3 is 2.49 bits per heavy atom. The zero-order valence-electron chi connectivity index (χ0n) is 19.4. The number of methoxy groups -OCH3 is 2. The molecule has 0 bridgehead atoms. The van der Waals surface area contributed by atoms with Gasteiger partial charge in [-0.1, -0.05) is 48.0 Å². The maximum absolute atomic E-state index is 13.3. The average Bonchev–Trinajstić information content (AvgIpc) is 3.29. The maximum atomic E-state index is 13.3.